The van der Waals surface area contributed by atoms with Gasteiger partial charge in [0.25, 0.3) is 0 Å². The summed E-state index contributed by atoms with van der Waals surface area (Å²) >= 11 is 0. The third kappa shape index (κ3) is 2.01. The molecule has 3 heteroatoms. The molecule has 0 aliphatic rings. The van der Waals surface area contributed by atoms with Gasteiger partial charge in [-0.1, -0.05) is 12.1 Å². The van der Waals surface area contributed by atoms with Crippen LogP contribution in [0.4, 0.5) is 8.78 Å². The third-order valence-corrected chi connectivity index (χ3v) is 1.57. The highest BCUT2D eigenvalue weighted by Crippen LogP contribution is 2.11. The van der Waals surface area contributed by atoms with Crippen LogP contribution in [0.25, 0.3) is 0 Å². The van der Waals surface area contributed by atoms with E-state index in [2.05, 4.69) is 0 Å². The molecule has 0 aliphatic carbocycles. The molecule has 0 radical (unpaired) electrons. The van der Waals surface area contributed by atoms with Gasteiger partial charge in [-0.15, -0.1) is 0 Å². The second-order valence-electron chi connectivity index (χ2n) is 2.49. The predicted molar refractivity (Wildman–Crippen MR) is 41.9 cm³/mol. The van der Waals surface area contributed by atoms with Gasteiger partial charge in [0, 0.05) is 12.7 Å². The van der Waals surface area contributed by atoms with E-state index in [9.17, 15) is 8.78 Å². The lowest BCUT2D eigenvalue weighted by Crippen LogP contribution is -1.92. The van der Waals surface area contributed by atoms with Crippen LogP contribution >= 0.6 is 0 Å². The Labute approximate surface area is 70.0 Å². The van der Waals surface area contributed by atoms with Gasteiger partial charge in [0.15, 0.2) is 0 Å². The standard InChI is InChI=1S/C9H10F2O/c1-12-6-7-2-3-8(5-10)9(11)4-7/h2-4H,5-6H2,1H3. The highest BCUT2D eigenvalue weighted by molar-refractivity contribution is 5.23. The summed E-state index contributed by atoms with van der Waals surface area (Å²) in [6.07, 6.45) is 0. The van der Waals surface area contributed by atoms with E-state index in [-0.39, 0.29) is 5.56 Å². The maximum Gasteiger partial charge on any atom is 0.129 e. The maximum absolute atomic E-state index is 12.9. The summed E-state index contributed by atoms with van der Waals surface area (Å²) < 4.78 is 29.7. The zero-order chi connectivity index (χ0) is 8.97. The van der Waals surface area contributed by atoms with E-state index in [4.69, 9.17) is 4.74 Å². The summed E-state index contributed by atoms with van der Waals surface area (Å²) in [5, 5.41) is 0. The molecule has 0 unspecified atom stereocenters. The molecule has 1 rings (SSSR count). The summed E-state index contributed by atoms with van der Waals surface area (Å²) in [6, 6.07) is 4.38. The van der Waals surface area contributed by atoms with Crippen molar-refractivity contribution < 1.29 is 13.5 Å². The zero-order valence-electron chi connectivity index (χ0n) is 6.81. The van der Waals surface area contributed by atoms with Crippen molar-refractivity contribution in [3.63, 3.8) is 0 Å². The lowest BCUT2D eigenvalue weighted by molar-refractivity contribution is 0.184. The molecule has 0 aromatic heterocycles. The fraction of sp³-hybridized carbons (Fsp3) is 0.333. The van der Waals surface area contributed by atoms with Crippen LogP contribution in [0.1, 0.15) is 11.1 Å². The first-order valence-electron chi connectivity index (χ1n) is 3.60. The Balaban J connectivity index is 2.86. The first kappa shape index (κ1) is 9.13. The molecule has 0 heterocycles. The molecule has 1 aromatic rings. The molecule has 0 atom stereocenters. The van der Waals surface area contributed by atoms with E-state index in [1.165, 1.54) is 19.2 Å². The van der Waals surface area contributed by atoms with Gasteiger partial charge < -0.3 is 4.74 Å². The Kier molecular flexibility index (Phi) is 3.17. The Morgan fingerprint density at radius 2 is 2.17 bits per heavy atom. The first-order valence-corrected chi connectivity index (χ1v) is 3.60. The first-order chi connectivity index (χ1) is 5.77. The summed E-state index contributed by atoms with van der Waals surface area (Å²) in [5.74, 6) is -0.507. The topological polar surface area (TPSA) is 9.23 Å². The van der Waals surface area contributed by atoms with Gasteiger partial charge in [-0.2, -0.15) is 0 Å². The number of ether oxygens (including phenoxy) is 1. The van der Waals surface area contributed by atoms with Crippen molar-refractivity contribution in [3.05, 3.63) is 35.1 Å². The third-order valence-electron chi connectivity index (χ3n) is 1.57. The number of hydrogen-bond acceptors (Lipinski definition) is 1. The SMILES string of the molecule is COCc1ccc(CF)c(F)c1. The van der Waals surface area contributed by atoms with Crippen molar-refractivity contribution in [1.29, 1.82) is 0 Å². The number of methoxy groups -OCH3 is 1. The highest BCUT2D eigenvalue weighted by atomic mass is 19.1. The van der Waals surface area contributed by atoms with Crippen LogP contribution in [-0.4, -0.2) is 7.11 Å². The van der Waals surface area contributed by atoms with Crippen LogP contribution in [-0.2, 0) is 18.0 Å². The van der Waals surface area contributed by atoms with E-state index >= 15 is 0 Å². The van der Waals surface area contributed by atoms with Gasteiger partial charge in [-0.05, 0) is 11.6 Å². The molecule has 0 fully saturated rings. The maximum atomic E-state index is 12.9. The minimum atomic E-state index is -0.765. The van der Waals surface area contributed by atoms with Gasteiger partial charge in [0.2, 0.25) is 0 Å². The summed E-state index contributed by atoms with van der Waals surface area (Å²) in [6.45, 7) is -0.414. The van der Waals surface area contributed by atoms with Crippen LogP contribution in [0.2, 0.25) is 0 Å². The molecule has 0 bridgehead atoms. The second-order valence-corrected chi connectivity index (χ2v) is 2.49. The minimum Gasteiger partial charge on any atom is -0.380 e. The van der Waals surface area contributed by atoms with Crippen molar-refractivity contribution in [2.24, 2.45) is 0 Å². The minimum absolute atomic E-state index is 0.0925. The Hall–Kier alpha value is -0.960. The molecule has 66 valence electrons. The molecule has 0 spiro atoms. The van der Waals surface area contributed by atoms with Crippen molar-refractivity contribution >= 4 is 0 Å². The number of alkyl halides is 1. The van der Waals surface area contributed by atoms with Crippen LogP contribution in [0.5, 0.6) is 0 Å². The average molecular weight is 172 g/mol. The number of hydrogen-bond donors (Lipinski definition) is 0. The fourth-order valence-corrected chi connectivity index (χ4v) is 0.956. The van der Waals surface area contributed by atoms with Crippen molar-refractivity contribution in [2.45, 2.75) is 13.3 Å². The number of rotatable bonds is 3. The van der Waals surface area contributed by atoms with Gasteiger partial charge in [-0.25, -0.2) is 8.78 Å². The molecule has 0 amide bonds. The molecule has 1 aromatic carbocycles. The number of halogens is 2. The van der Waals surface area contributed by atoms with Crippen LogP contribution in [0, 0.1) is 5.82 Å². The molecule has 1 nitrogen and oxygen atoms in total. The molecule has 0 aliphatic heterocycles. The number of benzene rings is 1. The van der Waals surface area contributed by atoms with Crippen LogP contribution < -0.4 is 0 Å². The van der Waals surface area contributed by atoms with Crippen LogP contribution in [0.3, 0.4) is 0 Å². The quantitative estimate of drug-likeness (QED) is 0.680. The largest absolute Gasteiger partial charge is 0.380 e. The summed E-state index contributed by atoms with van der Waals surface area (Å²) in [4.78, 5) is 0. The average Bonchev–Trinajstić information content (AvgIpc) is 2.05. The van der Waals surface area contributed by atoms with E-state index in [0.717, 1.165) is 0 Å². The van der Waals surface area contributed by atoms with Gasteiger partial charge in [0.05, 0.1) is 6.61 Å². The molecule has 0 saturated heterocycles. The highest BCUT2D eigenvalue weighted by Gasteiger charge is 2.02. The van der Waals surface area contributed by atoms with Crippen LogP contribution in [0.15, 0.2) is 18.2 Å². The molecule has 0 N–H and O–H groups in total. The smallest absolute Gasteiger partial charge is 0.129 e. The van der Waals surface area contributed by atoms with Gasteiger partial charge >= 0.3 is 0 Å². The van der Waals surface area contributed by atoms with E-state index in [1.807, 2.05) is 0 Å². The predicted octanol–water partition coefficient (Wildman–Crippen LogP) is 2.44. The second kappa shape index (κ2) is 4.16. The molecule has 12 heavy (non-hydrogen) atoms. The normalized spacial score (nSPS) is 10.2. The molecular weight excluding hydrogens is 162 g/mol. The van der Waals surface area contributed by atoms with Crippen molar-refractivity contribution in [2.75, 3.05) is 7.11 Å². The summed E-state index contributed by atoms with van der Waals surface area (Å²) in [7, 11) is 1.53. The van der Waals surface area contributed by atoms with Gasteiger partial charge in [0.1, 0.15) is 12.5 Å². The lowest BCUT2D eigenvalue weighted by atomic mass is 10.1. The fourth-order valence-electron chi connectivity index (χ4n) is 0.956. The Bertz CT molecular complexity index is 261. The summed E-state index contributed by atoms with van der Waals surface area (Å²) in [5.41, 5.74) is 0.807. The monoisotopic (exact) mass is 172 g/mol. The molecular formula is C9H10F2O. The van der Waals surface area contributed by atoms with Crippen molar-refractivity contribution in [3.8, 4) is 0 Å². The van der Waals surface area contributed by atoms with E-state index in [1.54, 1.807) is 6.07 Å². The Morgan fingerprint density at radius 3 is 2.67 bits per heavy atom. The van der Waals surface area contributed by atoms with E-state index < -0.39 is 12.5 Å². The lowest BCUT2D eigenvalue weighted by Gasteiger charge is -2.01. The molecule has 0 saturated carbocycles. The van der Waals surface area contributed by atoms with E-state index in [0.29, 0.717) is 12.2 Å². The van der Waals surface area contributed by atoms with Crippen molar-refractivity contribution in [1.82, 2.24) is 0 Å². The Morgan fingerprint density at radius 1 is 1.42 bits per heavy atom. The zero-order valence-corrected chi connectivity index (χ0v) is 6.81. The van der Waals surface area contributed by atoms with Gasteiger partial charge in [-0.3, -0.25) is 0 Å².